The maximum atomic E-state index is 12.1. The largest absolute Gasteiger partial charge is 0.493 e. The van der Waals surface area contributed by atoms with Gasteiger partial charge >= 0.3 is 0 Å². The van der Waals surface area contributed by atoms with E-state index < -0.39 is 5.41 Å². The van der Waals surface area contributed by atoms with Gasteiger partial charge in [0.15, 0.2) is 4.34 Å². The summed E-state index contributed by atoms with van der Waals surface area (Å²) in [7, 11) is 0. The van der Waals surface area contributed by atoms with Crippen LogP contribution in [0.25, 0.3) is 10.2 Å². The Morgan fingerprint density at radius 1 is 1.22 bits per heavy atom. The molecule has 3 aromatic rings. The quantitative estimate of drug-likeness (QED) is 0.422. The van der Waals surface area contributed by atoms with Crippen LogP contribution >= 0.6 is 23.1 Å². The number of aryl methyl sites for hydroxylation is 1. The first-order valence-corrected chi connectivity index (χ1v) is 10.7. The highest BCUT2D eigenvalue weighted by molar-refractivity contribution is 8.01. The molecule has 3 rings (SSSR count). The van der Waals surface area contributed by atoms with Crippen LogP contribution in [0.4, 0.5) is 5.69 Å². The second-order valence-corrected chi connectivity index (χ2v) is 9.75. The molecule has 2 aromatic carbocycles. The van der Waals surface area contributed by atoms with Gasteiger partial charge in [-0.2, -0.15) is 0 Å². The van der Waals surface area contributed by atoms with Gasteiger partial charge in [-0.3, -0.25) is 4.79 Å². The van der Waals surface area contributed by atoms with E-state index in [-0.39, 0.29) is 5.91 Å². The van der Waals surface area contributed by atoms with Crippen molar-refractivity contribution in [1.82, 2.24) is 4.98 Å². The van der Waals surface area contributed by atoms with Crippen molar-refractivity contribution in [3.8, 4) is 5.75 Å². The van der Waals surface area contributed by atoms with Crippen LogP contribution in [-0.4, -0.2) is 23.3 Å². The molecule has 0 aliphatic rings. The first kappa shape index (κ1) is 19.7. The number of anilines is 1. The minimum absolute atomic E-state index is 0.00858. The number of aromatic nitrogens is 1. The number of amides is 1. The van der Waals surface area contributed by atoms with Crippen LogP contribution in [0, 0.1) is 12.3 Å². The van der Waals surface area contributed by atoms with Gasteiger partial charge < -0.3 is 10.1 Å². The minimum atomic E-state index is -0.416. The van der Waals surface area contributed by atoms with Gasteiger partial charge in [0, 0.05) is 16.9 Å². The second-order valence-electron chi connectivity index (χ2n) is 7.38. The molecular formula is C21H24N2O2S2. The molecule has 0 saturated heterocycles. The normalized spacial score (nSPS) is 11.6. The summed E-state index contributed by atoms with van der Waals surface area (Å²) in [6.07, 6.45) is 0. The highest BCUT2D eigenvalue weighted by atomic mass is 32.2. The zero-order valence-corrected chi connectivity index (χ0v) is 17.7. The van der Waals surface area contributed by atoms with E-state index in [1.807, 2.05) is 57.2 Å². The van der Waals surface area contributed by atoms with Crippen LogP contribution in [-0.2, 0) is 4.79 Å². The third kappa shape index (κ3) is 5.47. The highest BCUT2D eigenvalue weighted by Crippen LogP contribution is 2.31. The Hall–Kier alpha value is -2.05. The summed E-state index contributed by atoms with van der Waals surface area (Å²) in [6.45, 7) is 8.40. The fraction of sp³-hybridized carbons (Fsp3) is 0.333. The zero-order chi connectivity index (χ0) is 19.4. The van der Waals surface area contributed by atoms with Crippen LogP contribution in [0.15, 0.2) is 46.8 Å². The van der Waals surface area contributed by atoms with E-state index in [1.165, 1.54) is 5.56 Å². The monoisotopic (exact) mass is 400 g/mol. The lowest BCUT2D eigenvalue weighted by Crippen LogP contribution is -2.27. The summed E-state index contributed by atoms with van der Waals surface area (Å²) in [4.78, 5) is 16.8. The number of ether oxygens (including phenoxy) is 1. The fourth-order valence-corrected chi connectivity index (χ4v) is 4.35. The van der Waals surface area contributed by atoms with E-state index in [0.29, 0.717) is 6.61 Å². The predicted molar refractivity (Wildman–Crippen MR) is 115 cm³/mol. The summed E-state index contributed by atoms with van der Waals surface area (Å²) in [5, 5.41) is 2.97. The Bertz CT molecular complexity index is 945. The summed E-state index contributed by atoms with van der Waals surface area (Å²) < 4.78 is 7.87. The van der Waals surface area contributed by atoms with Gasteiger partial charge in [0.05, 0.1) is 16.8 Å². The zero-order valence-electron chi connectivity index (χ0n) is 16.0. The average molecular weight is 401 g/mol. The van der Waals surface area contributed by atoms with Gasteiger partial charge in [0.2, 0.25) is 5.91 Å². The number of hydrogen-bond donors (Lipinski definition) is 1. The molecule has 1 amide bonds. The van der Waals surface area contributed by atoms with E-state index in [2.05, 4.69) is 23.3 Å². The Morgan fingerprint density at radius 2 is 2.04 bits per heavy atom. The molecule has 27 heavy (non-hydrogen) atoms. The molecule has 0 unspecified atom stereocenters. The van der Waals surface area contributed by atoms with Crippen molar-refractivity contribution in [2.24, 2.45) is 5.41 Å². The Balaban J connectivity index is 1.57. The number of nitrogens with zero attached hydrogens (tertiary/aromatic N) is 1. The van der Waals surface area contributed by atoms with Crippen LogP contribution in [0.5, 0.6) is 5.75 Å². The number of benzene rings is 2. The van der Waals surface area contributed by atoms with Crippen LogP contribution in [0.1, 0.15) is 26.3 Å². The molecule has 0 atom stereocenters. The maximum absolute atomic E-state index is 12.1. The van der Waals surface area contributed by atoms with E-state index in [1.54, 1.807) is 23.1 Å². The van der Waals surface area contributed by atoms with Gasteiger partial charge in [0.25, 0.3) is 0 Å². The van der Waals surface area contributed by atoms with Gasteiger partial charge in [-0.05, 0) is 42.8 Å². The molecule has 142 valence electrons. The summed E-state index contributed by atoms with van der Waals surface area (Å²) in [5.74, 6) is 1.75. The van der Waals surface area contributed by atoms with Crippen molar-refractivity contribution < 1.29 is 9.53 Å². The van der Waals surface area contributed by atoms with E-state index in [0.717, 1.165) is 31.7 Å². The lowest BCUT2D eigenvalue weighted by molar-refractivity contribution is -0.123. The third-order valence-corrected chi connectivity index (χ3v) is 6.00. The molecule has 1 aromatic heterocycles. The lowest BCUT2D eigenvalue weighted by Gasteiger charge is -2.17. The molecule has 0 radical (unpaired) electrons. The molecule has 1 heterocycles. The van der Waals surface area contributed by atoms with Gasteiger partial charge in [0.1, 0.15) is 5.75 Å². The lowest BCUT2D eigenvalue weighted by atomic mass is 9.95. The van der Waals surface area contributed by atoms with Crippen molar-refractivity contribution in [2.45, 2.75) is 32.0 Å². The predicted octanol–water partition coefficient (Wildman–Crippen LogP) is 5.76. The first-order chi connectivity index (χ1) is 12.8. The van der Waals surface area contributed by atoms with Crippen molar-refractivity contribution in [2.75, 3.05) is 17.7 Å². The van der Waals surface area contributed by atoms with E-state index >= 15 is 0 Å². The molecule has 0 saturated carbocycles. The molecule has 0 spiro atoms. The molecule has 0 aliphatic carbocycles. The van der Waals surface area contributed by atoms with Gasteiger partial charge in [-0.1, -0.05) is 44.7 Å². The number of carbonyl (C=O) groups excluding carboxylic acids is 1. The number of fused-ring (bicyclic) bond motifs is 1. The number of rotatable bonds is 6. The van der Waals surface area contributed by atoms with E-state index in [4.69, 9.17) is 4.74 Å². The van der Waals surface area contributed by atoms with E-state index in [9.17, 15) is 4.79 Å². The summed E-state index contributed by atoms with van der Waals surface area (Å²) in [5.41, 5.74) is 2.54. The van der Waals surface area contributed by atoms with Crippen molar-refractivity contribution in [3.63, 3.8) is 0 Å². The smallest absolute Gasteiger partial charge is 0.229 e. The summed E-state index contributed by atoms with van der Waals surface area (Å²) >= 11 is 3.33. The molecule has 6 heteroatoms. The fourth-order valence-electron chi connectivity index (χ4n) is 2.36. The standard InChI is InChI=1S/C21H24N2O2S2/c1-14-6-5-7-16(12-14)25-10-11-26-20-23-17-9-8-15(13-18(17)27-20)22-19(24)21(2,3)4/h5-9,12-13H,10-11H2,1-4H3,(H,22,24). The molecule has 1 N–H and O–H groups in total. The van der Waals surface area contributed by atoms with Crippen molar-refractivity contribution in [3.05, 3.63) is 48.0 Å². The number of nitrogens with one attached hydrogen (secondary N) is 1. The number of thioether (sulfide) groups is 1. The van der Waals surface area contributed by atoms with Crippen LogP contribution < -0.4 is 10.1 Å². The van der Waals surface area contributed by atoms with Crippen molar-refractivity contribution in [1.29, 1.82) is 0 Å². The highest BCUT2D eigenvalue weighted by Gasteiger charge is 2.21. The van der Waals surface area contributed by atoms with Gasteiger partial charge in [-0.15, -0.1) is 11.3 Å². The number of thiazole rings is 1. The molecule has 0 aliphatic heterocycles. The average Bonchev–Trinajstić information content (AvgIpc) is 3.00. The molecule has 4 nitrogen and oxygen atoms in total. The Labute approximate surface area is 168 Å². The summed E-state index contributed by atoms with van der Waals surface area (Å²) in [6, 6.07) is 13.9. The first-order valence-electron chi connectivity index (χ1n) is 8.85. The number of hydrogen-bond acceptors (Lipinski definition) is 5. The topological polar surface area (TPSA) is 51.2 Å². The minimum Gasteiger partial charge on any atom is -0.493 e. The third-order valence-electron chi connectivity index (χ3n) is 3.88. The molecule has 0 bridgehead atoms. The molecule has 0 fully saturated rings. The second kappa shape index (κ2) is 8.31. The SMILES string of the molecule is Cc1cccc(OCCSc2nc3ccc(NC(=O)C(C)(C)C)cc3s2)c1. The number of carbonyl (C=O) groups is 1. The Kier molecular flexibility index (Phi) is 6.07. The van der Waals surface area contributed by atoms with Gasteiger partial charge in [-0.25, -0.2) is 4.98 Å². The van der Waals surface area contributed by atoms with Crippen LogP contribution in [0.2, 0.25) is 0 Å². The van der Waals surface area contributed by atoms with Crippen molar-refractivity contribution >= 4 is 44.9 Å². The Morgan fingerprint density at radius 3 is 2.78 bits per heavy atom. The van der Waals surface area contributed by atoms with Crippen LogP contribution in [0.3, 0.4) is 0 Å². The maximum Gasteiger partial charge on any atom is 0.229 e. The molecular weight excluding hydrogens is 376 g/mol.